The maximum Gasteiger partial charge on any atom is 0.316 e. The Hall–Kier alpha value is -2.82. The molecule has 0 unspecified atom stereocenters. The first-order valence-corrected chi connectivity index (χ1v) is 8.22. The molecule has 1 amide bonds. The molecule has 1 aliphatic rings. The molecule has 2 aromatic carbocycles. The van der Waals surface area contributed by atoms with Crippen LogP contribution in [0.2, 0.25) is 0 Å². The van der Waals surface area contributed by atoms with E-state index in [0.29, 0.717) is 18.0 Å². The van der Waals surface area contributed by atoms with Crippen molar-refractivity contribution in [1.82, 2.24) is 0 Å². The molecule has 0 radical (unpaired) electrons. The first kappa shape index (κ1) is 17.0. The van der Waals surface area contributed by atoms with E-state index in [1.54, 1.807) is 36.3 Å². The first-order valence-electron chi connectivity index (χ1n) is 8.22. The van der Waals surface area contributed by atoms with Gasteiger partial charge in [-0.25, -0.2) is 0 Å². The summed E-state index contributed by atoms with van der Waals surface area (Å²) >= 11 is 0. The smallest absolute Gasteiger partial charge is 0.316 e. The number of esters is 1. The number of amides is 1. The molecule has 0 aromatic heterocycles. The standard InChI is InChI=1S/C20H21NO4/c1-13-5-4-6-18(14(13)2)21-12-15(11-19(21)22)20(23)25-17-9-7-16(24-3)8-10-17/h4-10,15H,11-12H2,1-3H3/t15-/m1/s1. The number of methoxy groups -OCH3 is 1. The van der Waals surface area contributed by atoms with E-state index in [0.717, 1.165) is 16.8 Å². The third-order valence-electron chi connectivity index (χ3n) is 4.60. The van der Waals surface area contributed by atoms with Gasteiger partial charge in [0.05, 0.1) is 13.0 Å². The zero-order chi connectivity index (χ0) is 18.0. The minimum absolute atomic E-state index is 0.0506. The van der Waals surface area contributed by atoms with Gasteiger partial charge in [-0.2, -0.15) is 0 Å². The molecule has 25 heavy (non-hydrogen) atoms. The summed E-state index contributed by atoms with van der Waals surface area (Å²) in [7, 11) is 1.58. The molecule has 0 N–H and O–H groups in total. The lowest BCUT2D eigenvalue weighted by molar-refractivity contribution is -0.139. The highest BCUT2D eigenvalue weighted by Gasteiger charge is 2.37. The number of nitrogens with zero attached hydrogens (tertiary/aromatic N) is 1. The van der Waals surface area contributed by atoms with Crippen LogP contribution in [0, 0.1) is 19.8 Å². The Labute approximate surface area is 147 Å². The van der Waals surface area contributed by atoms with Crippen molar-refractivity contribution in [3.05, 3.63) is 53.6 Å². The number of carbonyl (C=O) groups excluding carboxylic acids is 2. The number of aryl methyl sites for hydroxylation is 1. The van der Waals surface area contributed by atoms with Crippen molar-refractivity contribution in [3.8, 4) is 11.5 Å². The topological polar surface area (TPSA) is 55.8 Å². The van der Waals surface area contributed by atoms with E-state index < -0.39 is 5.92 Å². The number of carbonyl (C=O) groups is 2. The quantitative estimate of drug-likeness (QED) is 0.634. The van der Waals surface area contributed by atoms with Gasteiger partial charge in [-0.05, 0) is 55.3 Å². The monoisotopic (exact) mass is 339 g/mol. The van der Waals surface area contributed by atoms with Crippen molar-refractivity contribution in [2.75, 3.05) is 18.6 Å². The highest BCUT2D eigenvalue weighted by Crippen LogP contribution is 2.30. The zero-order valence-corrected chi connectivity index (χ0v) is 14.6. The van der Waals surface area contributed by atoms with Crippen LogP contribution in [0.25, 0.3) is 0 Å². The summed E-state index contributed by atoms with van der Waals surface area (Å²) < 4.78 is 10.5. The Kier molecular flexibility index (Phi) is 4.74. The predicted molar refractivity (Wildman–Crippen MR) is 95.0 cm³/mol. The molecule has 5 heteroatoms. The van der Waals surface area contributed by atoms with E-state index in [1.807, 2.05) is 32.0 Å². The first-order chi connectivity index (χ1) is 12.0. The molecule has 1 saturated heterocycles. The van der Waals surface area contributed by atoms with Gasteiger partial charge in [-0.15, -0.1) is 0 Å². The molecule has 1 atom stereocenters. The largest absolute Gasteiger partial charge is 0.497 e. The van der Waals surface area contributed by atoms with Crippen molar-refractivity contribution < 1.29 is 19.1 Å². The van der Waals surface area contributed by atoms with Gasteiger partial charge in [-0.1, -0.05) is 12.1 Å². The molecule has 0 bridgehead atoms. The van der Waals surface area contributed by atoms with Crippen LogP contribution >= 0.6 is 0 Å². The lowest BCUT2D eigenvalue weighted by Crippen LogP contribution is -2.28. The van der Waals surface area contributed by atoms with Crippen molar-refractivity contribution in [2.45, 2.75) is 20.3 Å². The molecule has 5 nitrogen and oxygen atoms in total. The number of ether oxygens (including phenoxy) is 2. The number of hydrogen-bond acceptors (Lipinski definition) is 4. The maximum absolute atomic E-state index is 12.4. The second-order valence-corrected chi connectivity index (χ2v) is 6.22. The van der Waals surface area contributed by atoms with Crippen LogP contribution in [0.5, 0.6) is 11.5 Å². The molecule has 1 aliphatic heterocycles. The number of benzene rings is 2. The van der Waals surface area contributed by atoms with E-state index in [2.05, 4.69) is 0 Å². The second kappa shape index (κ2) is 6.97. The number of rotatable bonds is 4. The zero-order valence-electron chi connectivity index (χ0n) is 14.6. The van der Waals surface area contributed by atoms with E-state index in [-0.39, 0.29) is 18.3 Å². The van der Waals surface area contributed by atoms with Gasteiger partial charge >= 0.3 is 5.97 Å². The maximum atomic E-state index is 12.4. The summed E-state index contributed by atoms with van der Waals surface area (Å²) in [5.74, 6) is 0.242. The SMILES string of the molecule is COc1ccc(OC(=O)[C@@H]2CC(=O)N(c3cccc(C)c3C)C2)cc1. The molecular formula is C20H21NO4. The molecule has 0 spiro atoms. The van der Waals surface area contributed by atoms with E-state index in [1.165, 1.54) is 0 Å². The summed E-state index contributed by atoms with van der Waals surface area (Å²) in [6.45, 7) is 4.34. The summed E-state index contributed by atoms with van der Waals surface area (Å²) in [5, 5.41) is 0. The van der Waals surface area contributed by atoms with Gasteiger partial charge in [-0.3, -0.25) is 9.59 Å². The third kappa shape index (κ3) is 3.50. The molecule has 2 aromatic rings. The molecule has 0 saturated carbocycles. The Morgan fingerprint density at radius 1 is 1.08 bits per heavy atom. The molecule has 1 fully saturated rings. The third-order valence-corrected chi connectivity index (χ3v) is 4.60. The molecule has 130 valence electrons. The van der Waals surface area contributed by atoms with Gasteiger partial charge in [0.25, 0.3) is 0 Å². The van der Waals surface area contributed by atoms with Crippen molar-refractivity contribution in [1.29, 1.82) is 0 Å². The predicted octanol–water partition coefficient (Wildman–Crippen LogP) is 3.27. The fourth-order valence-corrected chi connectivity index (χ4v) is 2.97. The summed E-state index contributed by atoms with van der Waals surface area (Å²) in [5.41, 5.74) is 3.04. The van der Waals surface area contributed by atoms with E-state index in [9.17, 15) is 9.59 Å². The van der Waals surface area contributed by atoms with E-state index >= 15 is 0 Å². The lowest BCUT2D eigenvalue weighted by Gasteiger charge is -2.20. The van der Waals surface area contributed by atoms with Crippen LogP contribution in [0.15, 0.2) is 42.5 Å². The summed E-state index contributed by atoms with van der Waals surface area (Å²) in [4.78, 5) is 26.5. The van der Waals surface area contributed by atoms with E-state index in [4.69, 9.17) is 9.47 Å². The van der Waals surface area contributed by atoms with Crippen LogP contribution in [0.4, 0.5) is 5.69 Å². The molecular weight excluding hydrogens is 318 g/mol. The van der Waals surface area contributed by atoms with Gasteiger partial charge in [0.2, 0.25) is 5.91 Å². The average Bonchev–Trinajstić information content (AvgIpc) is 3.00. The molecule has 1 heterocycles. The van der Waals surface area contributed by atoms with Crippen LogP contribution in [0.1, 0.15) is 17.5 Å². The normalized spacial score (nSPS) is 16.8. The Morgan fingerprint density at radius 2 is 1.76 bits per heavy atom. The van der Waals surface area contributed by atoms with Crippen LogP contribution < -0.4 is 14.4 Å². The number of anilines is 1. The highest BCUT2D eigenvalue weighted by atomic mass is 16.5. The fourth-order valence-electron chi connectivity index (χ4n) is 2.97. The number of hydrogen-bond donors (Lipinski definition) is 0. The molecule has 3 rings (SSSR count). The Bertz CT molecular complexity index is 798. The minimum atomic E-state index is -0.463. The van der Waals surface area contributed by atoms with Gasteiger partial charge < -0.3 is 14.4 Å². The average molecular weight is 339 g/mol. The fraction of sp³-hybridized carbons (Fsp3) is 0.300. The Morgan fingerprint density at radius 3 is 2.44 bits per heavy atom. The highest BCUT2D eigenvalue weighted by molar-refractivity contribution is 6.00. The molecule has 0 aliphatic carbocycles. The van der Waals surface area contributed by atoms with Crippen LogP contribution in [0.3, 0.4) is 0 Å². The summed E-state index contributed by atoms with van der Waals surface area (Å²) in [6, 6.07) is 12.7. The minimum Gasteiger partial charge on any atom is -0.497 e. The Balaban J connectivity index is 1.71. The van der Waals surface area contributed by atoms with Gasteiger partial charge in [0.1, 0.15) is 11.5 Å². The van der Waals surface area contributed by atoms with Gasteiger partial charge in [0.15, 0.2) is 0 Å². The van der Waals surface area contributed by atoms with Crippen molar-refractivity contribution >= 4 is 17.6 Å². The lowest BCUT2D eigenvalue weighted by atomic mass is 10.1. The van der Waals surface area contributed by atoms with Crippen LogP contribution in [-0.2, 0) is 9.59 Å². The second-order valence-electron chi connectivity index (χ2n) is 6.22. The summed E-state index contributed by atoms with van der Waals surface area (Å²) in [6.07, 6.45) is 0.169. The van der Waals surface area contributed by atoms with Gasteiger partial charge in [0, 0.05) is 18.7 Å². The van der Waals surface area contributed by atoms with Crippen LogP contribution in [-0.4, -0.2) is 25.5 Å². The van der Waals surface area contributed by atoms with Crippen molar-refractivity contribution in [2.24, 2.45) is 5.92 Å². The van der Waals surface area contributed by atoms with Crippen molar-refractivity contribution in [3.63, 3.8) is 0 Å².